The monoisotopic (exact) mass is 314 g/mol. The Morgan fingerprint density at radius 1 is 1.26 bits per heavy atom. The molecule has 6 rings (SSSR count). The maximum Gasteiger partial charge on any atom is 0.197 e. The van der Waals surface area contributed by atoms with E-state index in [9.17, 15) is 0 Å². The fraction of sp³-hybridized carbons (Fsp3) is 0.700. The number of rotatable bonds is 2. The van der Waals surface area contributed by atoms with Gasteiger partial charge in [-0.2, -0.15) is 0 Å². The van der Waals surface area contributed by atoms with Crippen LogP contribution in [-0.4, -0.2) is 32.2 Å². The molecule has 0 aromatic heterocycles. The van der Waals surface area contributed by atoms with Gasteiger partial charge in [0.15, 0.2) is 5.79 Å². The molecule has 5 aliphatic carbocycles. The van der Waals surface area contributed by atoms with Crippen LogP contribution in [0, 0.1) is 29.1 Å². The summed E-state index contributed by atoms with van der Waals surface area (Å²) in [5.41, 5.74) is 3.55. The van der Waals surface area contributed by atoms with Gasteiger partial charge in [0.25, 0.3) is 0 Å². The number of allylic oxidation sites excluding steroid dienone is 2. The molecule has 6 aliphatic rings. The largest absolute Gasteiger partial charge is 0.373 e. The maximum atomic E-state index is 6.42. The third-order valence-electron chi connectivity index (χ3n) is 8.03. The van der Waals surface area contributed by atoms with Gasteiger partial charge in [-0.1, -0.05) is 30.4 Å². The van der Waals surface area contributed by atoms with Gasteiger partial charge in [0, 0.05) is 43.0 Å². The zero-order chi connectivity index (χ0) is 16.2. The smallest absolute Gasteiger partial charge is 0.197 e. The Morgan fingerprint density at radius 3 is 2.74 bits per heavy atom. The van der Waals surface area contributed by atoms with Crippen molar-refractivity contribution < 1.29 is 14.2 Å². The fourth-order valence-corrected chi connectivity index (χ4v) is 7.35. The molecule has 0 unspecified atom stereocenters. The van der Waals surface area contributed by atoms with E-state index in [1.807, 2.05) is 7.11 Å². The van der Waals surface area contributed by atoms with Gasteiger partial charge in [0.2, 0.25) is 0 Å². The van der Waals surface area contributed by atoms with E-state index in [-0.39, 0.29) is 11.0 Å². The Labute approximate surface area is 138 Å². The summed E-state index contributed by atoms with van der Waals surface area (Å²) >= 11 is 0. The second-order valence-electron chi connectivity index (χ2n) is 8.25. The summed E-state index contributed by atoms with van der Waals surface area (Å²) in [6.45, 7) is 12.0. The highest BCUT2D eigenvalue weighted by Crippen LogP contribution is 2.79. The molecule has 0 N–H and O–H groups in total. The van der Waals surface area contributed by atoms with E-state index in [2.05, 4.69) is 26.2 Å². The lowest BCUT2D eigenvalue weighted by Gasteiger charge is -2.72. The van der Waals surface area contributed by atoms with Crippen LogP contribution >= 0.6 is 0 Å². The first-order valence-corrected chi connectivity index (χ1v) is 8.78. The molecule has 0 aromatic carbocycles. The minimum atomic E-state index is -0.680. The normalized spacial score (nSPS) is 56.0. The molecule has 7 atom stereocenters. The predicted octanol–water partition coefficient (Wildman–Crippen LogP) is 3.48. The van der Waals surface area contributed by atoms with Crippen LogP contribution < -0.4 is 0 Å². The van der Waals surface area contributed by atoms with Crippen LogP contribution in [0.1, 0.15) is 26.2 Å². The molecule has 0 amide bonds. The minimum absolute atomic E-state index is 0.134. The first-order valence-electron chi connectivity index (χ1n) is 8.78. The lowest BCUT2D eigenvalue weighted by Crippen LogP contribution is -2.76. The summed E-state index contributed by atoms with van der Waals surface area (Å²) in [7, 11) is 3.62. The van der Waals surface area contributed by atoms with Gasteiger partial charge in [0.05, 0.1) is 6.61 Å². The molecule has 5 fully saturated rings. The van der Waals surface area contributed by atoms with Crippen LogP contribution in [0.15, 0.2) is 36.0 Å². The average Bonchev–Trinajstić information content (AvgIpc) is 2.88. The van der Waals surface area contributed by atoms with Crippen molar-refractivity contribution >= 4 is 0 Å². The molecule has 3 heteroatoms. The predicted molar refractivity (Wildman–Crippen MR) is 87.7 cm³/mol. The van der Waals surface area contributed by atoms with Gasteiger partial charge in [-0.25, -0.2) is 0 Å². The zero-order valence-corrected chi connectivity index (χ0v) is 14.4. The quantitative estimate of drug-likeness (QED) is 0.730. The van der Waals surface area contributed by atoms with Crippen LogP contribution in [0.5, 0.6) is 0 Å². The Morgan fingerprint density at radius 2 is 2.04 bits per heavy atom. The van der Waals surface area contributed by atoms with E-state index < -0.39 is 5.79 Å². The molecule has 0 spiro atoms. The van der Waals surface area contributed by atoms with Crippen molar-refractivity contribution in [2.24, 2.45) is 29.1 Å². The Balaban J connectivity index is 1.87. The van der Waals surface area contributed by atoms with E-state index >= 15 is 0 Å². The van der Waals surface area contributed by atoms with Gasteiger partial charge < -0.3 is 14.2 Å². The number of ether oxygens (including phenoxy) is 3. The highest BCUT2D eigenvalue weighted by atomic mass is 16.7. The maximum absolute atomic E-state index is 6.42. The first-order chi connectivity index (χ1) is 11.0. The summed E-state index contributed by atoms with van der Waals surface area (Å²) in [6, 6.07) is 0. The highest BCUT2D eigenvalue weighted by Gasteiger charge is 2.83. The van der Waals surface area contributed by atoms with Gasteiger partial charge in [-0.3, -0.25) is 0 Å². The van der Waals surface area contributed by atoms with Crippen LogP contribution in [-0.2, 0) is 14.2 Å². The Hall–Kier alpha value is -0.900. The molecule has 1 heterocycles. The summed E-state index contributed by atoms with van der Waals surface area (Å²) in [4.78, 5) is 0. The van der Waals surface area contributed by atoms with Gasteiger partial charge >= 0.3 is 0 Å². The van der Waals surface area contributed by atoms with E-state index in [1.165, 1.54) is 11.1 Å². The fourth-order valence-electron chi connectivity index (χ4n) is 7.35. The second-order valence-corrected chi connectivity index (χ2v) is 8.25. The molecule has 0 aromatic rings. The molecule has 3 nitrogen and oxygen atoms in total. The molecule has 4 saturated carbocycles. The van der Waals surface area contributed by atoms with Crippen molar-refractivity contribution in [2.45, 2.75) is 37.6 Å². The van der Waals surface area contributed by atoms with E-state index in [0.717, 1.165) is 31.4 Å². The van der Waals surface area contributed by atoms with Gasteiger partial charge in [-0.15, -0.1) is 0 Å². The van der Waals surface area contributed by atoms with Gasteiger partial charge in [-0.05, 0) is 32.1 Å². The van der Waals surface area contributed by atoms with Crippen LogP contribution in [0.25, 0.3) is 0 Å². The van der Waals surface area contributed by atoms with Crippen LogP contribution in [0.3, 0.4) is 0 Å². The SMILES string of the molecule is C=C1CC[C@H]2[C@]34CC=C(C)[C@H]5[C@@H]1[C@]2(OC)C(=C)[C@@](OC)(OC3)[C@H]54. The molecule has 23 heavy (non-hydrogen) atoms. The number of methoxy groups -OCH3 is 2. The van der Waals surface area contributed by atoms with Crippen molar-refractivity contribution in [1.82, 2.24) is 0 Å². The second kappa shape index (κ2) is 4.01. The number of hydrogen-bond acceptors (Lipinski definition) is 3. The minimum Gasteiger partial charge on any atom is -0.373 e. The van der Waals surface area contributed by atoms with Crippen molar-refractivity contribution in [3.63, 3.8) is 0 Å². The Bertz CT molecular complexity index is 664. The lowest BCUT2D eigenvalue weighted by atomic mass is 9.34. The molecular weight excluding hydrogens is 288 g/mol. The van der Waals surface area contributed by atoms with Crippen molar-refractivity contribution in [1.29, 1.82) is 0 Å². The summed E-state index contributed by atoms with van der Waals surface area (Å²) in [5.74, 6) is 0.848. The first kappa shape index (κ1) is 14.4. The molecule has 0 radical (unpaired) electrons. The highest BCUT2D eigenvalue weighted by molar-refractivity contribution is 5.49. The van der Waals surface area contributed by atoms with Crippen LogP contribution in [0.2, 0.25) is 0 Å². The molecule has 7 bridgehead atoms. The lowest BCUT2D eigenvalue weighted by molar-refractivity contribution is -0.290. The third-order valence-corrected chi connectivity index (χ3v) is 8.03. The third kappa shape index (κ3) is 1.17. The molecule has 124 valence electrons. The average molecular weight is 314 g/mol. The standard InChI is InChI=1S/C20H26O3/c1-11-8-9-18-10-23-20(22-5)13(3)19(21-4)14(18)7-6-12(2)16(19)15(11)17(18)20/h8,14-17H,2-3,6-7,9-10H2,1,4-5H3/t14-,15-,16+,17+,18-,19-,20+/m0/s1. The van der Waals surface area contributed by atoms with E-state index in [4.69, 9.17) is 14.2 Å². The molecule has 1 aliphatic heterocycles. The van der Waals surface area contributed by atoms with Gasteiger partial charge in [0.1, 0.15) is 5.60 Å². The summed E-state index contributed by atoms with van der Waals surface area (Å²) < 4.78 is 18.8. The molecule has 1 saturated heterocycles. The summed E-state index contributed by atoms with van der Waals surface area (Å²) in [6.07, 6.45) is 5.75. The van der Waals surface area contributed by atoms with E-state index in [1.54, 1.807) is 7.11 Å². The molecular formula is C20H26O3. The number of hydrogen-bond donors (Lipinski definition) is 0. The van der Waals surface area contributed by atoms with Crippen molar-refractivity contribution in [3.8, 4) is 0 Å². The van der Waals surface area contributed by atoms with Crippen molar-refractivity contribution in [3.05, 3.63) is 36.0 Å². The van der Waals surface area contributed by atoms with Crippen LogP contribution in [0.4, 0.5) is 0 Å². The zero-order valence-electron chi connectivity index (χ0n) is 14.4. The van der Waals surface area contributed by atoms with Crippen molar-refractivity contribution in [2.75, 3.05) is 20.8 Å². The van der Waals surface area contributed by atoms with E-state index in [0.29, 0.717) is 23.7 Å². The summed E-state index contributed by atoms with van der Waals surface area (Å²) in [5, 5.41) is 0. The topological polar surface area (TPSA) is 27.7 Å². The Kier molecular flexibility index (Phi) is 2.52.